The molecule has 1 aromatic rings. The summed E-state index contributed by atoms with van der Waals surface area (Å²) < 4.78 is 12.0. The molecule has 1 N–H and O–H groups in total. The van der Waals surface area contributed by atoms with Crippen LogP contribution in [0, 0.1) is 6.92 Å². The maximum Gasteiger partial charge on any atom is 0.252 e. The van der Waals surface area contributed by atoms with Crippen molar-refractivity contribution < 1.29 is 9.00 Å². The van der Waals surface area contributed by atoms with E-state index in [1.165, 1.54) is 0 Å². The first-order valence-electron chi connectivity index (χ1n) is 5.78. The lowest BCUT2D eigenvalue weighted by molar-refractivity contribution is 0.0952. The number of carbonyl (C=O) groups is 1. The molecule has 0 aliphatic carbocycles. The van der Waals surface area contributed by atoms with Crippen LogP contribution in [-0.2, 0) is 10.8 Å². The Hall–Kier alpha value is -0.680. The molecule has 0 saturated carbocycles. The maximum atomic E-state index is 12.0. The Morgan fingerprint density at radius 3 is 2.78 bits per heavy atom. The molecular weight excluding hydrogens is 314 g/mol. The first-order chi connectivity index (χ1) is 8.41. The SMILES string of the molecule is Cc1ccc(Br)c(C(=O)NCCC(C)S(C)=O)c1. The van der Waals surface area contributed by atoms with Crippen molar-refractivity contribution >= 4 is 32.6 Å². The first-order valence-corrected chi connectivity index (χ1v) is 8.20. The van der Waals surface area contributed by atoms with E-state index < -0.39 is 10.8 Å². The van der Waals surface area contributed by atoms with Crippen molar-refractivity contribution in [1.82, 2.24) is 5.32 Å². The Labute approximate surface area is 119 Å². The van der Waals surface area contributed by atoms with Crippen LogP contribution in [0.25, 0.3) is 0 Å². The van der Waals surface area contributed by atoms with Crippen molar-refractivity contribution in [3.05, 3.63) is 33.8 Å². The van der Waals surface area contributed by atoms with E-state index in [1.54, 1.807) is 6.26 Å². The zero-order chi connectivity index (χ0) is 13.7. The maximum absolute atomic E-state index is 12.0. The van der Waals surface area contributed by atoms with Crippen molar-refractivity contribution in [3.8, 4) is 0 Å². The second-order valence-electron chi connectivity index (χ2n) is 4.34. The summed E-state index contributed by atoms with van der Waals surface area (Å²) in [5.74, 6) is -0.0975. The molecule has 3 nitrogen and oxygen atoms in total. The molecular formula is C13H18BrNO2S. The molecule has 2 atom stereocenters. The summed E-state index contributed by atoms with van der Waals surface area (Å²) in [7, 11) is -0.838. The third-order valence-electron chi connectivity index (χ3n) is 2.77. The summed E-state index contributed by atoms with van der Waals surface area (Å²) in [6.07, 6.45) is 2.40. The zero-order valence-electron chi connectivity index (χ0n) is 10.8. The molecule has 100 valence electrons. The molecule has 1 aromatic carbocycles. The number of carbonyl (C=O) groups excluding carboxylic acids is 1. The molecule has 0 aliphatic rings. The minimum absolute atomic E-state index is 0.0975. The summed E-state index contributed by atoms with van der Waals surface area (Å²) in [4.78, 5) is 12.0. The second-order valence-corrected chi connectivity index (χ2v) is 6.99. The van der Waals surface area contributed by atoms with Crippen LogP contribution in [0.15, 0.2) is 22.7 Å². The molecule has 0 heterocycles. The van der Waals surface area contributed by atoms with E-state index in [1.807, 2.05) is 32.0 Å². The molecule has 2 unspecified atom stereocenters. The van der Waals surface area contributed by atoms with Gasteiger partial charge in [-0.05, 0) is 41.4 Å². The first kappa shape index (κ1) is 15.4. The Morgan fingerprint density at radius 2 is 2.17 bits per heavy atom. The van der Waals surface area contributed by atoms with Gasteiger partial charge in [0.2, 0.25) is 0 Å². The van der Waals surface area contributed by atoms with E-state index in [2.05, 4.69) is 21.2 Å². The van der Waals surface area contributed by atoms with Crippen LogP contribution in [0.4, 0.5) is 0 Å². The van der Waals surface area contributed by atoms with Crippen molar-refractivity contribution in [3.63, 3.8) is 0 Å². The highest BCUT2D eigenvalue weighted by Crippen LogP contribution is 2.17. The fourth-order valence-corrected chi connectivity index (χ4v) is 2.34. The van der Waals surface area contributed by atoms with Crippen LogP contribution in [-0.4, -0.2) is 28.2 Å². The summed E-state index contributed by atoms with van der Waals surface area (Å²) in [6, 6.07) is 5.66. The second kappa shape index (κ2) is 7.04. The van der Waals surface area contributed by atoms with Gasteiger partial charge in [0, 0.05) is 33.3 Å². The third kappa shape index (κ3) is 4.53. The molecule has 0 fully saturated rings. The van der Waals surface area contributed by atoms with Gasteiger partial charge >= 0.3 is 0 Å². The monoisotopic (exact) mass is 331 g/mol. The number of hydrogen-bond donors (Lipinski definition) is 1. The zero-order valence-corrected chi connectivity index (χ0v) is 13.2. The van der Waals surface area contributed by atoms with Gasteiger partial charge in [0.05, 0.1) is 5.56 Å². The highest BCUT2D eigenvalue weighted by molar-refractivity contribution is 9.10. The molecule has 0 bridgehead atoms. The van der Waals surface area contributed by atoms with Crippen molar-refractivity contribution in [1.29, 1.82) is 0 Å². The molecule has 18 heavy (non-hydrogen) atoms. The van der Waals surface area contributed by atoms with Crippen LogP contribution >= 0.6 is 15.9 Å². The van der Waals surface area contributed by atoms with Crippen LogP contribution in [0.2, 0.25) is 0 Å². The average molecular weight is 332 g/mol. The number of hydrogen-bond acceptors (Lipinski definition) is 2. The van der Waals surface area contributed by atoms with E-state index in [9.17, 15) is 9.00 Å². The van der Waals surface area contributed by atoms with Gasteiger partial charge < -0.3 is 5.32 Å². The Morgan fingerprint density at radius 1 is 1.50 bits per heavy atom. The molecule has 0 aliphatic heterocycles. The lowest BCUT2D eigenvalue weighted by Crippen LogP contribution is -2.27. The number of amides is 1. The summed E-state index contributed by atoms with van der Waals surface area (Å²) >= 11 is 3.37. The molecule has 5 heteroatoms. The van der Waals surface area contributed by atoms with E-state index >= 15 is 0 Å². The Bertz CT molecular complexity index is 462. The fourth-order valence-electron chi connectivity index (χ4n) is 1.46. The topological polar surface area (TPSA) is 46.2 Å². The van der Waals surface area contributed by atoms with Gasteiger partial charge in [-0.2, -0.15) is 0 Å². The van der Waals surface area contributed by atoms with Crippen LogP contribution in [0.5, 0.6) is 0 Å². The van der Waals surface area contributed by atoms with Gasteiger partial charge in [-0.1, -0.05) is 18.6 Å². The minimum Gasteiger partial charge on any atom is -0.352 e. The third-order valence-corrected chi connectivity index (χ3v) is 4.83. The normalized spacial score (nSPS) is 14.0. The van der Waals surface area contributed by atoms with E-state index in [0.717, 1.165) is 16.5 Å². The molecule has 0 aromatic heterocycles. The number of rotatable bonds is 5. The Balaban J connectivity index is 2.55. The lowest BCUT2D eigenvalue weighted by atomic mass is 10.1. The number of benzene rings is 1. The van der Waals surface area contributed by atoms with E-state index in [4.69, 9.17) is 0 Å². The summed E-state index contributed by atoms with van der Waals surface area (Å²) in [5.41, 5.74) is 1.69. The molecule has 1 rings (SSSR count). The highest BCUT2D eigenvalue weighted by Gasteiger charge is 2.11. The smallest absolute Gasteiger partial charge is 0.252 e. The highest BCUT2D eigenvalue weighted by atomic mass is 79.9. The molecule has 0 saturated heterocycles. The standard InChI is InChI=1S/C13H18BrNO2S/c1-9-4-5-12(14)11(8-9)13(16)15-7-6-10(2)18(3)17/h4-5,8,10H,6-7H2,1-3H3,(H,15,16). The lowest BCUT2D eigenvalue weighted by Gasteiger charge is -2.10. The average Bonchev–Trinajstić information content (AvgIpc) is 2.31. The number of nitrogens with one attached hydrogen (secondary N) is 1. The largest absolute Gasteiger partial charge is 0.352 e. The van der Waals surface area contributed by atoms with Gasteiger partial charge in [-0.25, -0.2) is 0 Å². The fraction of sp³-hybridized carbons (Fsp3) is 0.462. The van der Waals surface area contributed by atoms with Gasteiger partial charge in [0.1, 0.15) is 0 Å². The van der Waals surface area contributed by atoms with Crippen molar-refractivity contribution in [2.75, 3.05) is 12.8 Å². The van der Waals surface area contributed by atoms with E-state index in [-0.39, 0.29) is 11.2 Å². The predicted molar refractivity (Wildman–Crippen MR) is 79.4 cm³/mol. The summed E-state index contributed by atoms with van der Waals surface area (Å²) in [5, 5.41) is 2.95. The molecule has 0 radical (unpaired) electrons. The Kier molecular flexibility index (Phi) is 6.02. The minimum atomic E-state index is -0.838. The van der Waals surface area contributed by atoms with Crippen LogP contribution in [0.3, 0.4) is 0 Å². The van der Waals surface area contributed by atoms with Crippen LogP contribution < -0.4 is 5.32 Å². The van der Waals surface area contributed by atoms with Gasteiger partial charge in [-0.3, -0.25) is 9.00 Å². The predicted octanol–water partition coefficient (Wildman–Crippen LogP) is 2.64. The number of halogens is 1. The van der Waals surface area contributed by atoms with Crippen molar-refractivity contribution in [2.24, 2.45) is 0 Å². The van der Waals surface area contributed by atoms with E-state index in [0.29, 0.717) is 12.1 Å². The van der Waals surface area contributed by atoms with Gasteiger partial charge in [0.25, 0.3) is 5.91 Å². The van der Waals surface area contributed by atoms with Crippen LogP contribution in [0.1, 0.15) is 29.3 Å². The summed E-state index contributed by atoms with van der Waals surface area (Å²) in [6.45, 7) is 4.41. The molecule has 1 amide bonds. The number of aryl methyl sites for hydroxylation is 1. The van der Waals surface area contributed by atoms with Gasteiger partial charge in [0.15, 0.2) is 0 Å². The molecule has 0 spiro atoms. The quantitative estimate of drug-likeness (QED) is 0.901. The van der Waals surface area contributed by atoms with Gasteiger partial charge in [-0.15, -0.1) is 0 Å². The van der Waals surface area contributed by atoms with Crippen molar-refractivity contribution in [2.45, 2.75) is 25.5 Å².